The van der Waals surface area contributed by atoms with Crippen LogP contribution in [0.1, 0.15) is 0 Å². The second-order valence-electron chi connectivity index (χ2n) is 1.50. The van der Waals surface area contributed by atoms with Crippen LogP contribution in [0.25, 0.3) is 0 Å². The molecule has 8 heavy (non-hydrogen) atoms. The van der Waals surface area contributed by atoms with Crippen LogP contribution in [0.4, 0.5) is 0 Å². The van der Waals surface area contributed by atoms with Crippen molar-refractivity contribution in [2.45, 2.75) is 6.04 Å². The van der Waals surface area contributed by atoms with Gasteiger partial charge in [-0.15, -0.1) is 0 Å². The molecule has 1 N–H and O–H groups in total. The smallest absolute Gasteiger partial charge is 0.161 e. The quantitative estimate of drug-likeness (QED) is 0.489. The van der Waals surface area contributed by atoms with Gasteiger partial charge < -0.3 is 10.1 Å². The van der Waals surface area contributed by atoms with Crippen LogP contribution in [0.5, 0.6) is 0 Å². The Hall–Kier alpha value is -1.05. The fraction of sp³-hybridized carbons (Fsp3) is 0.167. The zero-order valence-corrected chi connectivity index (χ0v) is 4.32. The van der Waals surface area contributed by atoms with Gasteiger partial charge >= 0.3 is 0 Å². The van der Waals surface area contributed by atoms with E-state index in [0.29, 0.717) is 0 Å². The van der Waals surface area contributed by atoms with Crippen molar-refractivity contribution in [3.63, 3.8) is 0 Å². The third-order valence-electron chi connectivity index (χ3n) is 0.903. The number of carbonyl (C=O) groups is 1. The van der Waals surface area contributed by atoms with E-state index in [4.69, 9.17) is 1.41 Å². The second kappa shape index (κ2) is 2.31. The monoisotopic (exact) mass is 110 g/mol. The highest BCUT2D eigenvalue weighted by molar-refractivity contribution is 5.61. The molecule has 1 rings (SSSR count). The Morgan fingerprint density at radius 2 is 2.62 bits per heavy atom. The molecule has 0 saturated carbocycles. The van der Waals surface area contributed by atoms with E-state index in [1.807, 2.05) is 0 Å². The molecule has 0 aromatic rings. The number of dihydropyridines is 1. The minimum absolute atomic E-state index is 0.394. The van der Waals surface area contributed by atoms with E-state index in [2.05, 4.69) is 0 Å². The summed E-state index contributed by atoms with van der Waals surface area (Å²) in [6.07, 6.45) is 7.41. The minimum Gasteiger partial charge on any atom is -0.378 e. The SMILES string of the molecule is [2H]N1C=CC=CC1C=O. The summed E-state index contributed by atoms with van der Waals surface area (Å²) in [6, 6.07) is -0.394. The molecule has 1 heterocycles. The lowest BCUT2D eigenvalue weighted by Crippen LogP contribution is -2.24. The van der Waals surface area contributed by atoms with Gasteiger partial charge in [-0.1, -0.05) is 12.2 Å². The molecule has 0 saturated heterocycles. The molecular weight excluding hydrogens is 102 g/mol. The van der Waals surface area contributed by atoms with E-state index in [9.17, 15) is 4.79 Å². The molecule has 0 aromatic carbocycles. The van der Waals surface area contributed by atoms with Gasteiger partial charge in [-0.3, -0.25) is 0 Å². The van der Waals surface area contributed by atoms with Crippen molar-refractivity contribution in [3.05, 3.63) is 24.4 Å². The normalized spacial score (nSPS) is 27.8. The maximum atomic E-state index is 10.1. The fourth-order valence-corrected chi connectivity index (χ4v) is 0.507. The molecule has 0 radical (unpaired) electrons. The molecule has 1 aliphatic heterocycles. The zero-order valence-electron chi connectivity index (χ0n) is 5.32. The summed E-state index contributed by atoms with van der Waals surface area (Å²) >= 11 is 0. The van der Waals surface area contributed by atoms with Gasteiger partial charge in [-0.25, -0.2) is 0 Å². The topological polar surface area (TPSA) is 29.1 Å². The number of carbonyl (C=O) groups excluding carboxylic acids is 1. The van der Waals surface area contributed by atoms with Gasteiger partial charge in [-0.05, 0) is 12.3 Å². The first-order valence-corrected chi connectivity index (χ1v) is 2.42. The van der Waals surface area contributed by atoms with E-state index in [1.54, 1.807) is 24.4 Å². The first kappa shape index (κ1) is 3.89. The molecule has 0 aliphatic carbocycles. The van der Waals surface area contributed by atoms with Crippen LogP contribution in [-0.4, -0.2) is 12.3 Å². The minimum atomic E-state index is -0.394. The van der Waals surface area contributed by atoms with Gasteiger partial charge in [0, 0.05) is 0 Å². The molecule has 2 nitrogen and oxygen atoms in total. The summed E-state index contributed by atoms with van der Waals surface area (Å²) in [7, 11) is 0. The maximum absolute atomic E-state index is 10.1. The highest BCUT2D eigenvalue weighted by atomic mass is 16.1. The van der Waals surface area contributed by atoms with Crippen LogP contribution in [0.15, 0.2) is 24.4 Å². The summed E-state index contributed by atoms with van der Waals surface area (Å²) < 4.78 is 7.09. The standard InChI is InChI=1S/C6H7NO/c8-5-6-3-1-2-4-7-6/h1-7H/i/hD. The fourth-order valence-electron chi connectivity index (χ4n) is 0.507. The molecule has 0 fully saturated rings. The lowest BCUT2D eigenvalue weighted by Gasteiger charge is -2.05. The van der Waals surface area contributed by atoms with Crippen LogP contribution in [0.2, 0.25) is 1.41 Å². The Morgan fingerprint density at radius 3 is 3.12 bits per heavy atom. The van der Waals surface area contributed by atoms with Crippen LogP contribution >= 0.6 is 0 Å². The summed E-state index contributed by atoms with van der Waals surface area (Å²) in [5.41, 5.74) is 0. The molecule has 1 aliphatic rings. The van der Waals surface area contributed by atoms with Gasteiger partial charge in [0.2, 0.25) is 0 Å². The molecule has 2 heteroatoms. The van der Waals surface area contributed by atoms with Gasteiger partial charge in [-0.2, -0.15) is 0 Å². The molecule has 0 bridgehead atoms. The summed E-state index contributed by atoms with van der Waals surface area (Å²) in [6.45, 7) is 0. The highest BCUT2D eigenvalue weighted by Crippen LogP contribution is 1.88. The van der Waals surface area contributed by atoms with Gasteiger partial charge in [0.05, 0.1) is 0 Å². The number of hydrogen-bond donors (Lipinski definition) is 1. The largest absolute Gasteiger partial charge is 0.378 e. The van der Waals surface area contributed by atoms with Crippen LogP contribution in [0, 0.1) is 0 Å². The van der Waals surface area contributed by atoms with Crippen LogP contribution in [0.3, 0.4) is 0 Å². The highest BCUT2D eigenvalue weighted by Gasteiger charge is 1.97. The van der Waals surface area contributed by atoms with Crippen molar-refractivity contribution < 1.29 is 6.21 Å². The Balaban J connectivity index is 2.65. The average Bonchev–Trinajstić information content (AvgIpc) is 1.89. The Labute approximate surface area is 49.4 Å². The number of allylic oxidation sites excluding steroid dienone is 2. The molecule has 1 unspecified atom stereocenters. The molecule has 1 atom stereocenters. The van der Waals surface area contributed by atoms with E-state index >= 15 is 0 Å². The van der Waals surface area contributed by atoms with Crippen molar-refractivity contribution in [2.24, 2.45) is 0 Å². The van der Waals surface area contributed by atoms with Crippen LogP contribution < -0.4 is 5.31 Å². The predicted molar refractivity (Wildman–Crippen MR) is 31.3 cm³/mol. The Morgan fingerprint density at radius 1 is 1.75 bits per heavy atom. The first-order valence-electron chi connectivity index (χ1n) is 2.87. The number of nitrogens with one attached hydrogen (secondary N) is 1. The lowest BCUT2D eigenvalue weighted by molar-refractivity contribution is -0.108. The van der Waals surface area contributed by atoms with Crippen LogP contribution in [-0.2, 0) is 4.79 Å². The number of aldehydes is 1. The van der Waals surface area contributed by atoms with Crippen molar-refractivity contribution in [2.75, 3.05) is 0 Å². The van der Waals surface area contributed by atoms with E-state index < -0.39 is 6.04 Å². The van der Waals surface area contributed by atoms with Gasteiger partial charge in [0.15, 0.2) is 1.41 Å². The van der Waals surface area contributed by atoms with Crippen molar-refractivity contribution in [1.29, 1.82) is 0 Å². The summed E-state index contributed by atoms with van der Waals surface area (Å²) in [5, 5.41) is 1.10. The molecule has 0 aromatic heterocycles. The van der Waals surface area contributed by atoms with Crippen molar-refractivity contribution in [3.8, 4) is 0 Å². The van der Waals surface area contributed by atoms with Gasteiger partial charge in [0.25, 0.3) is 0 Å². The summed E-state index contributed by atoms with van der Waals surface area (Å²) in [4.78, 5) is 10.1. The third-order valence-corrected chi connectivity index (χ3v) is 0.903. The van der Waals surface area contributed by atoms with Crippen molar-refractivity contribution >= 4 is 6.29 Å². The average molecular weight is 110 g/mol. The molecular formula is C6H7NO. The second-order valence-corrected chi connectivity index (χ2v) is 1.50. The number of hydrogen-bond acceptors (Lipinski definition) is 2. The summed E-state index contributed by atoms with van der Waals surface area (Å²) in [5.74, 6) is 0. The Bertz CT molecular complexity index is 164. The first-order chi connectivity index (χ1) is 4.34. The number of rotatable bonds is 1. The zero-order chi connectivity index (χ0) is 6.69. The lowest BCUT2D eigenvalue weighted by atomic mass is 10.2. The molecule has 0 spiro atoms. The third kappa shape index (κ3) is 0.964. The van der Waals surface area contributed by atoms with Gasteiger partial charge in [0.1, 0.15) is 12.3 Å². The molecule has 0 amide bonds. The maximum Gasteiger partial charge on any atom is 0.161 e. The van der Waals surface area contributed by atoms with E-state index in [-0.39, 0.29) is 0 Å². The Kier molecular flexibility index (Phi) is 1.12. The predicted octanol–water partition coefficient (Wildman–Crippen LogP) is 0.227. The van der Waals surface area contributed by atoms with Crippen molar-refractivity contribution in [1.82, 2.24) is 5.31 Å². The van der Waals surface area contributed by atoms with E-state index in [0.717, 1.165) is 11.6 Å². The molecule has 42 valence electrons. The van der Waals surface area contributed by atoms with E-state index in [1.165, 1.54) is 0 Å².